The number of carbonyl (C=O) groups excluding carboxylic acids is 1. The molecule has 1 amide bonds. The van der Waals surface area contributed by atoms with E-state index in [2.05, 4.69) is 18.6 Å². The van der Waals surface area contributed by atoms with Gasteiger partial charge in [-0.3, -0.25) is 4.79 Å². The third kappa shape index (κ3) is 6.71. The number of hydrogen-bond acceptors (Lipinski definition) is 2. The summed E-state index contributed by atoms with van der Waals surface area (Å²) in [6, 6.07) is 0. The van der Waals surface area contributed by atoms with Crippen LogP contribution in [0, 0.1) is 0 Å². The average molecular weight is 211 g/mol. The second-order valence-corrected chi connectivity index (χ2v) is 3.35. The van der Waals surface area contributed by atoms with E-state index in [9.17, 15) is 4.79 Å². The minimum absolute atomic E-state index is 0.0526. The Hall–Kier alpha value is -1.32. The minimum Gasteiger partial charge on any atom is -0.388 e. The molecule has 15 heavy (non-hydrogen) atoms. The highest BCUT2D eigenvalue weighted by atomic mass is 16.2. The summed E-state index contributed by atoms with van der Waals surface area (Å²) in [5.74, 6) is -0.0526. The first-order chi connectivity index (χ1) is 7.26. The molecule has 0 aliphatic carbocycles. The Morgan fingerprint density at radius 2 is 2.07 bits per heavy atom. The highest BCUT2D eigenvalue weighted by molar-refractivity contribution is 5.77. The van der Waals surface area contributed by atoms with Crippen molar-refractivity contribution < 1.29 is 4.79 Å². The van der Waals surface area contributed by atoms with E-state index in [1.54, 1.807) is 0 Å². The van der Waals surface area contributed by atoms with E-state index in [0.717, 1.165) is 19.2 Å². The maximum absolute atomic E-state index is 11.5. The minimum atomic E-state index is -0.0526. The first-order valence-electron chi connectivity index (χ1n) is 5.45. The molecule has 0 aromatic heterocycles. The predicted molar refractivity (Wildman–Crippen MR) is 63.1 cm³/mol. The summed E-state index contributed by atoms with van der Waals surface area (Å²) in [6.07, 6.45) is 8.62. The summed E-state index contributed by atoms with van der Waals surface area (Å²) in [4.78, 5) is 11.5. The van der Waals surface area contributed by atoms with Crippen LogP contribution in [0.3, 0.4) is 0 Å². The van der Waals surface area contributed by atoms with Crippen LogP contribution in [-0.2, 0) is 4.79 Å². The van der Waals surface area contributed by atoms with Gasteiger partial charge in [0.2, 0.25) is 5.91 Å². The molecule has 0 radical (unpaired) electrons. The molecule has 86 valence electrons. The van der Waals surface area contributed by atoms with Crippen molar-refractivity contribution in [1.82, 2.24) is 5.01 Å². The van der Waals surface area contributed by atoms with E-state index in [4.69, 9.17) is 5.73 Å². The van der Waals surface area contributed by atoms with Crippen molar-refractivity contribution in [2.75, 3.05) is 0 Å². The van der Waals surface area contributed by atoms with Gasteiger partial charge in [-0.15, -0.1) is 0 Å². The third-order valence-electron chi connectivity index (χ3n) is 2.11. The largest absolute Gasteiger partial charge is 0.388 e. The van der Waals surface area contributed by atoms with Crippen LogP contribution >= 0.6 is 0 Å². The quantitative estimate of drug-likeness (QED) is 0.289. The van der Waals surface area contributed by atoms with Gasteiger partial charge in [-0.1, -0.05) is 39.2 Å². The molecule has 0 bridgehead atoms. The van der Waals surface area contributed by atoms with Crippen LogP contribution in [0.1, 0.15) is 45.4 Å². The monoisotopic (exact) mass is 211 g/mol. The zero-order valence-corrected chi connectivity index (χ0v) is 9.48. The Kier molecular flexibility index (Phi) is 8.43. The van der Waals surface area contributed by atoms with Crippen molar-refractivity contribution in [1.29, 1.82) is 0 Å². The second-order valence-electron chi connectivity index (χ2n) is 3.35. The molecule has 0 aliphatic heterocycles. The highest BCUT2D eigenvalue weighted by Crippen LogP contribution is 2.07. The zero-order chi connectivity index (χ0) is 11.5. The fraction of sp³-hybridized carbons (Fsp3) is 0.636. The van der Waals surface area contributed by atoms with Crippen molar-refractivity contribution in [3.8, 4) is 0 Å². The molecule has 0 rings (SSSR count). The average Bonchev–Trinajstić information content (AvgIpc) is 2.25. The number of nitrogens with two attached hydrogens (primary N) is 1. The van der Waals surface area contributed by atoms with E-state index in [-0.39, 0.29) is 5.91 Å². The van der Waals surface area contributed by atoms with Gasteiger partial charge in [0.05, 0.1) is 0 Å². The van der Waals surface area contributed by atoms with E-state index >= 15 is 0 Å². The van der Waals surface area contributed by atoms with Gasteiger partial charge in [-0.05, 0) is 6.42 Å². The Morgan fingerprint density at radius 1 is 1.40 bits per heavy atom. The summed E-state index contributed by atoms with van der Waals surface area (Å²) >= 11 is 0. The summed E-state index contributed by atoms with van der Waals surface area (Å²) in [5.41, 5.74) is 5.10. The molecule has 0 fully saturated rings. The van der Waals surface area contributed by atoms with Gasteiger partial charge in [-0.25, -0.2) is 5.01 Å². The van der Waals surface area contributed by atoms with Crippen LogP contribution < -0.4 is 5.73 Å². The fourth-order valence-corrected chi connectivity index (χ4v) is 1.28. The maximum atomic E-state index is 11.5. The summed E-state index contributed by atoms with van der Waals surface area (Å²) in [5, 5.41) is 4.86. The van der Waals surface area contributed by atoms with Crippen LogP contribution in [0.2, 0.25) is 0 Å². The van der Waals surface area contributed by atoms with E-state index in [1.807, 2.05) is 0 Å². The number of rotatable bonds is 8. The number of unbranched alkanes of at least 4 members (excludes halogenated alkanes) is 4. The Balaban J connectivity index is 3.67. The molecule has 0 heterocycles. The zero-order valence-electron chi connectivity index (χ0n) is 9.48. The van der Waals surface area contributed by atoms with Crippen molar-refractivity contribution in [2.45, 2.75) is 45.4 Å². The molecule has 4 heteroatoms. The topological polar surface area (TPSA) is 58.7 Å². The van der Waals surface area contributed by atoms with Crippen molar-refractivity contribution in [2.24, 2.45) is 10.8 Å². The van der Waals surface area contributed by atoms with E-state index in [0.29, 0.717) is 6.42 Å². The van der Waals surface area contributed by atoms with Crippen LogP contribution in [0.15, 0.2) is 17.9 Å². The molecule has 0 aliphatic rings. The number of nitrogens with zero attached hydrogens (tertiary/aromatic N) is 2. The van der Waals surface area contributed by atoms with Crippen molar-refractivity contribution in [3.63, 3.8) is 0 Å². The smallest absolute Gasteiger partial charge is 0.246 e. The fourth-order valence-electron chi connectivity index (χ4n) is 1.28. The molecule has 0 atom stereocenters. The van der Waals surface area contributed by atoms with Gasteiger partial charge in [0.25, 0.3) is 0 Å². The molecule has 2 N–H and O–H groups in total. The molecule has 0 saturated carbocycles. The number of amides is 1. The first-order valence-corrected chi connectivity index (χ1v) is 5.45. The molecule has 0 saturated heterocycles. The highest BCUT2D eigenvalue weighted by Gasteiger charge is 2.07. The molecular formula is C11H21N3O. The van der Waals surface area contributed by atoms with E-state index < -0.39 is 0 Å². The van der Waals surface area contributed by atoms with Crippen molar-refractivity contribution in [3.05, 3.63) is 12.8 Å². The van der Waals surface area contributed by atoms with Gasteiger partial charge >= 0.3 is 0 Å². The van der Waals surface area contributed by atoms with Gasteiger partial charge in [-0.2, -0.15) is 5.10 Å². The van der Waals surface area contributed by atoms with Gasteiger partial charge in [0.1, 0.15) is 6.34 Å². The van der Waals surface area contributed by atoms with Gasteiger partial charge in [0, 0.05) is 12.6 Å². The lowest BCUT2D eigenvalue weighted by atomic mass is 10.1. The molecule has 0 unspecified atom stereocenters. The van der Waals surface area contributed by atoms with E-state index in [1.165, 1.54) is 30.5 Å². The van der Waals surface area contributed by atoms with Gasteiger partial charge in [0.15, 0.2) is 0 Å². The molecule has 4 nitrogen and oxygen atoms in total. The molecule has 0 aromatic carbocycles. The van der Waals surface area contributed by atoms with Crippen LogP contribution in [0.4, 0.5) is 0 Å². The maximum Gasteiger partial charge on any atom is 0.246 e. The van der Waals surface area contributed by atoms with Crippen LogP contribution in [-0.4, -0.2) is 17.3 Å². The van der Waals surface area contributed by atoms with Crippen molar-refractivity contribution >= 4 is 12.2 Å². The molecular weight excluding hydrogens is 190 g/mol. The van der Waals surface area contributed by atoms with Crippen LogP contribution in [0.5, 0.6) is 0 Å². The lowest BCUT2D eigenvalue weighted by Gasteiger charge is -2.10. The third-order valence-corrected chi connectivity index (χ3v) is 2.11. The first kappa shape index (κ1) is 13.7. The SMILES string of the molecule is C=CN(/N=C\N)C(=O)CCCCCCC. The normalized spacial score (nSPS) is 10.5. The van der Waals surface area contributed by atoms with Crippen LogP contribution in [0.25, 0.3) is 0 Å². The standard InChI is InChI=1S/C11H21N3O/c1-3-5-6-7-8-9-11(15)14(4-2)13-10-12/h4,10H,2-3,5-9H2,1H3,(H2,12,13). The van der Waals surface area contributed by atoms with Gasteiger partial charge < -0.3 is 5.73 Å². The summed E-state index contributed by atoms with van der Waals surface area (Å²) in [7, 11) is 0. The lowest BCUT2D eigenvalue weighted by Crippen LogP contribution is -2.20. The lowest BCUT2D eigenvalue weighted by molar-refractivity contribution is -0.128. The Morgan fingerprint density at radius 3 is 2.60 bits per heavy atom. The molecule has 0 aromatic rings. The number of hydrazone groups is 1. The predicted octanol–water partition coefficient (Wildman–Crippen LogP) is 2.22. The molecule has 0 spiro atoms. The summed E-state index contributed by atoms with van der Waals surface area (Å²) in [6.45, 7) is 5.66. The summed E-state index contributed by atoms with van der Waals surface area (Å²) < 4.78 is 0. The second kappa shape index (κ2) is 9.24. The Bertz CT molecular complexity index is 214. The number of carbonyl (C=O) groups is 1. The number of hydrogen-bond donors (Lipinski definition) is 1. The Labute approximate surface area is 91.8 Å².